The van der Waals surface area contributed by atoms with Crippen molar-refractivity contribution in [2.75, 3.05) is 20.3 Å². The van der Waals surface area contributed by atoms with Crippen LogP contribution in [0.25, 0.3) is 0 Å². The molecule has 0 unspecified atom stereocenters. The first-order valence-corrected chi connectivity index (χ1v) is 11.0. The molecule has 2 aromatic rings. The van der Waals surface area contributed by atoms with E-state index in [0.29, 0.717) is 43.6 Å². The molecule has 0 saturated heterocycles. The molecule has 0 radical (unpaired) electrons. The lowest BCUT2D eigenvalue weighted by Gasteiger charge is -2.56. The van der Waals surface area contributed by atoms with Crippen molar-refractivity contribution in [1.82, 2.24) is 20.6 Å². The van der Waals surface area contributed by atoms with Crippen LogP contribution in [-0.2, 0) is 9.59 Å². The van der Waals surface area contributed by atoms with Crippen molar-refractivity contribution in [2.24, 2.45) is 0 Å². The summed E-state index contributed by atoms with van der Waals surface area (Å²) in [4.78, 5) is 32.8. The average Bonchev–Trinajstić information content (AvgIpc) is 2.84. The summed E-state index contributed by atoms with van der Waals surface area (Å²) < 4.78 is 28.7. The zero-order chi connectivity index (χ0) is 24.2. The minimum absolute atomic E-state index is 0.201. The summed E-state index contributed by atoms with van der Waals surface area (Å²) in [6.07, 6.45) is 4.59. The van der Waals surface area contributed by atoms with E-state index in [1.54, 1.807) is 0 Å². The van der Waals surface area contributed by atoms with Gasteiger partial charge in [0.05, 0.1) is 31.1 Å². The number of hydrogen-bond acceptors (Lipinski definition) is 8. The Kier molecular flexibility index (Phi) is 6.82. The number of nitrogens with one attached hydrogen (secondary N) is 2. The van der Waals surface area contributed by atoms with Crippen molar-refractivity contribution in [3.63, 3.8) is 0 Å². The van der Waals surface area contributed by atoms with Crippen molar-refractivity contribution in [2.45, 2.75) is 49.3 Å². The van der Waals surface area contributed by atoms with E-state index < -0.39 is 17.2 Å². The first-order chi connectivity index (χ1) is 16.3. The molecule has 1 aromatic carbocycles. The normalized spacial score (nSPS) is 25.3. The van der Waals surface area contributed by atoms with Gasteiger partial charge in [-0.3, -0.25) is 9.59 Å². The predicted molar refractivity (Wildman–Crippen MR) is 117 cm³/mol. The number of benzene rings is 1. The molecule has 0 aliphatic heterocycles. The molecule has 2 bridgehead atoms. The topological polar surface area (TPSA) is 132 Å². The Hall–Kier alpha value is -3.47. The van der Waals surface area contributed by atoms with Gasteiger partial charge in [-0.15, -0.1) is 0 Å². The fourth-order valence-corrected chi connectivity index (χ4v) is 4.62. The smallest absolute Gasteiger partial charge is 0.316 e. The number of carbonyl (C=O) groups excluding carboxylic acids is 2. The number of hydrogen-bond donors (Lipinski definition) is 3. The second-order valence-corrected chi connectivity index (χ2v) is 8.69. The van der Waals surface area contributed by atoms with Crippen LogP contribution in [0.15, 0.2) is 36.7 Å². The van der Waals surface area contributed by atoms with Gasteiger partial charge in [-0.05, 0) is 56.4 Å². The Balaban J connectivity index is 1.26. The monoisotopic (exact) mass is 474 g/mol. The summed E-state index contributed by atoms with van der Waals surface area (Å²) >= 11 is 0. The van der Waals surface area contributed by atoms with Crippen molar-refractivity contribution in [3.8, 4) is 17.5 Å². The minimum Gasteiger partial charge on any atom is -0.484 e. The van der Waals surface area contributed by atoms with Gasteiger partial charge in [0.2, 0.25) is 0 Å². The maximum absolute atomic E-state index is 13.0. The molecule has 11 heteroatoms. The van der Waals surface area contributed by atoms with Crippen molar-refractivity contribution >= 4 is 11.8 Å². The third kappa shape index (κ3) is 5.36. The largest absolute Gasteiger partial charge is 0.484 e. The summed E-state index contributed by atoms with van der Waals surface area (Å²) in [6.45, 7) is -0.454. The standard InChI is InChI=1S/C23H27FN4O6/c1-32-21-25-11-17(12-26-21)34-13-19(30)27-22-6-8-23(9-7-22,18(29)10-22)28-20(31)14-33-16-4-2-15(24)3-5-16/h2-5,11-12,18,29H,6-10,13-14H2,1H3,(H,27,30)(H,28,31)/t18-,22?,23?/m0/s1. The molecule has 3 saturated carbocycles. The summed E-state index contributed by atoms with van der Waals surface area (Å²) in [7, 11) is 1.45. The molecular weight excluding hydrogens is 447 g/mol. The lowest BCUT2D eigenvalue weighted by molar-refractivity contribution is -0.137. The third-order valence-corrected chi connectivity index (χ3v) is 6.45. The number of amides is 2. The van der Waals surface area contributed by atoms with E-state index >= 15 is 0 Å². The number of rotatable bonds is 9. The average molecular weight is 474 g/mol. The quantitative estimate of drug-likeness (QED) is 0.493. The third-order valence-electron chi connectivity index (χ3n) is 6.45. The molecule has 1 atom stereocenters. The maximum Gasteiger partial charge on any atom is 0.316 e. The van der Waals surface area contributed by atoms with Crippen LogP contribution in [0.5, 0.6) is 17.5 Å². The van der Waals surface area contributed by atoms with E-state index in [2.05, 4.69) is 20.6 Å². The number of aliphatic hydroxyl groups is 1. The maximum atomic E-state index is 13.0. The summed E-state index contributed by atoms with van der Waals surface area (Å²) in [5, 5.41) is 16.8. The zero-order valence-corrected chi connectivity index (χ0v) is 18.8. The predicted octanol–water partition coefficient (Wildman–Crippen LogP) is 1.13. The van der Waals surface area contributed by atoms with Gasteiger partial charge in [0.1, 0.15) is 11.6 Å². The van der Waals surface area contributed by atoms with Gasteiger partial charge in [-0.1, -0.05) is 0 Å². The molecule has 3 aliphatic carbocycles. The number of fused-ring (bicyclic) bond motifs is 3. The molecule has 1 heterocycles. The molecule has 5 rings (SSSR count). The van der Waals surface area contributed by atoms with Crippen LogP contribution in [0.1, 0.15) is 32.1 Å². The second kappa shape index (κ2) is 9.80. The van der Waals surface area contributed by atoms with Gasteiger partial charge in [-0.25, -0.2) is 4.39 Å². The van der Waals surface area contributed by atoms with Crippen molar-refractivity contribution in [3.05, 3.63) is 42.5 Å². The van der Waals surface area contributed by atoms with Gasteiger partial charge in [0, 0.05) is 5.54 Å². The molecule has 182 valence electrons. The zero-order valence-electron chi connectivity index (χ0n) is 18.8. The molecule has 1 aromatic heterocycles. The van der Waals surface area contributed by atoms with Gasteiger partial charge in [0.25, 0.3) is 11.8 Å². The van der Waals surface area contributed by atoms with E-state index in [9.17, 15) is 19.1 Å². The van der Waals surface area contributed by atoms with E-state index in [-0.39, 0.29) is 36.9 Å². The SMILES string of the molecule is COc1ncc(OCC(=O)NC23CCC(NC(=O)COc4ccc(F)cc4)(CC2)[C@@H](O)C3)cn1. The Labute approximate surface area is 195 Å². The van der Waals surface area contributed by atoms with Crippen molar-refractivity contribution in [1.29, 1.82) is 0 Å². The lowest BCUT2D eigenvalue weighted by Crippen LogP contribution is -2.70. The number of carbonyl (C=O) groups is 2. The highest BCUT2D eigenvalue weighted by atomic mass is 19.1. The highest BCUT2D eigenvalue weighted by molar-refractivity contribution is 5.79. The first-order valence-electron chi connectivity index (χ1n) is 11.0. The molecule has 3 aliphatic rings. The van der Waals surface area contributed by atoms with E-state index in [1.165, 1.54) is 43.8 Å². The van der Waals surface area contributed by atoms with Gasteiger partial charge >= 0.3 is 6.01 Å². The number of halogens is 1. The molecule has 10 nitrogen and oxygen atoms in total. The molecule has 2 amide bonds. The molecule has 34 heavy (non-hydrogen) atoms. The van der Waals surface area contributed by atoms with E-state index in [0.717, 1.165) is 0 Å². The number of nitrogens with zero attached hydrogens (tertiary/aromatic N) is 2. The Morgan fingerprint density at radius 1 is 1.00 bits per heavy atom. The number of ether oxygens (including phenoxy) is 3. The molecular formula is C23H27FN4O6. The fourth-order valence-electron chi connectivity index (χ4n) is 4.62. The van der Waals surface area contributed by atoms with Crippen LogP contribution in [0.3, 0.4) is 0 Å². The van der Waals surface area contributed by atoms with Crippen LogP contribution in [0.4, 0.5) is 4.39 Å². The Morgan fingerprint density at radius 2 is 1.59 bits per heavy atom. The fraction of sp³-hybridized carbons (Fsp3) is 0.478. The van der Waals surface area contributed by atoms with Crippen LogP contribution in [0, 0.1) is 5.82 Å². The van der Waals surface area contributed by atoms with Crippen LogP contribution in [0.2, 0.25) is 0 Å². The molecule has 3 N–H and O–H groups in total. The highest BCUT2D eigenvalue weighted by Crippen LogP contribution is 2.47. The molecule has 3 fully saturated rings. The summed E-state index contributed by atoms with van der Waals surface area (Å²) in [5.41, 5.74) is -1.31. The highest BCUT2D eigenvalue weighted by Gasteiger charge is 2.55. The Bertz CT molecular complexity index is 1010. The Morgan fingerprint density at radius 3 is 2.18 bits per heavy atom. The number of aromatic nitrogens is 2. The summed E-state index contributed by atoms with van der Waals surface area (Å²) in [6, 6.07) is 5.59. The second-order valence-electron chi connectivity index (χ2n) is 8.69. The summed E-state index contributed by atoms with van der Waals surface area (Å²) in [5.74, 6) is -0.344. The number of aliphatic hydroxyl groups excluding tert-OH is 1. The minimum atomic E-state index is -0.819. The number of methoxy groups -OCH3 is 1. The lowest BCUT2D eigenvalue weighted by atomic mass is 9.60. The van der Waals surface area contributed by atoms with Gasteiger partial charge in [-0.2, -0.15) is 9.97 Å². The van der Waals surface area contributed by atoms with Gasteiger partial charge in [0.15, 0.2) is 19.0 Å². The van der Waals surface area contributed by atoms with E-state index in [1.807, 2.05) is 0 Å². The molecule has 0 spiro atoms. The van der Waals surface area contributed by atoms with Gasteiger partial charge < -0.3 is 30.0 Å². The van der Waals surface area contributed by atoms with Crippen LogP contribution < -0.4 is 24.8 Å². The van der Waals surface area contributed by atoms with Crippen molar-refractivity contribution < 1.29 is 33.3 Å². The van der Waals surface area contributed by atoms with Crippen LogP contribution in [-0.4, -0.2) is 64.4 Å². The first kappa shape index (κ1) is 23.7. The van der Waals surface area contributed by atoms with E-state index in [4.69, 9.17) is 14.2 Å². The van der Waals surface area contributed by atoms with Crippen LogP contribution >= 0.6 is 0 Å².